The number of carbonyl (C=O) groups is 1. The van der Waals surface area contributed by atoms with Crippen molar-refractivity contribution in [1.29, 1.82) is 0 Å². The van der Waals surface area contributed by atoms with Gasteiger partial charge >= 0.3 is 6.03 Å². The van der Waals surface area contributed by atoms with Crippen LogP contribution in [0.5, 0.6) is 0 Å². The highest BCUT2D eigenvalue weighted by Gasteiger charge is 2.05. The predicted molar refractivity (Wildman–Crippen MR) is 85.0 cm³/mol. The summed E-state index contributed by atoms with van der Waals surface area (Å²) in [6.07, 6.45) is 1.92. The summed E-state index contributed by atoms with van der Waals surface area (Å²) in [7, 11) is 0. The number of amides is 2. The maximum Gasteiger partial charge on any atom is 0.315 e. The van der Waals surface area contributed by atoms with Gasteiger partial charge in [0.1, 0.15) is 5.82 Å². The molecule has 4 nitrogen and oxygen atoms in total. The van der Waals surface area contributed by atoms with Crippen LogP contribution in [0.25, 0.3) is 0 Å². The zero-order chi connectivity index (χ0) is 15.9. The molecule has 2 N–H and O–H groups in total. The molecule has 118 valence electrons. The summed E-state index contributed by atoms with van der Waals surface area (Å²) < 4.78 is 15.2. The SMILES string of the molecule is CC(C)CNC(=O)NCc1cccn1Cc1cccc(F)c1. The van der Waals surface area contributed by atoms with Crippen LogP contribution in [0.4, 0.5) is 9.18 Å². The molecule has 22 heavy (non-hydrogen) atoms. The molecule has 2 amide bonds. The number of halogens is 1. The lowest BCUT2D eigenvalue weighted by Gasteiger charge is -2.12. The van der Waals surface area contributed by atoms with Gasteiger partial charge in [-0.15, -0.1) is 0 Å². The maximum absolute atomic E-state index is 13.2. The van der Waals surface area contributed by atoms with Crippen LogP contribution in [0.3, 0.4) is 0 Å². The fourth-order valence-electron chi connectivity index (χ4n) is 2.13. The van der Waals surface area contributed by atoms with Crippen molar-refractivity contribution in [3.05, 3.63) is 59.7 Å². The third kappa shape index (κ3) is 4.91. The average Bonchev–Trinajstić information content (AvgIpc) is 2.90. The Morgan fingerprint density at radius 1 is 1.23 bits per heavy atom. The Bertz CT molecular complexity index is 622. The van der Waals surface area contributed by atoms with E-state index in [1.165, 1.54) is 12.1 Å². The highest BCUT2D eigenvalue weighted by molar-refractivity contribution is 5.73. The standard InChI is InChI=1S/C17H22FN3O/c1-13(2)10-19-17(22)20-11-16-7-4-8-21(16)12-14-5-3-6-15(18)9-14/h3-9,13H,10-12H2,1-2H3,(H2,19,20,22). The topological polar surface area (TPSA) is 46.1 Å². The first-order valence-corrected chi connectivity index (χ1v) is 7.45. The second kappa shape index (κ2) is 7.64. The first kappa shape index (κ1) is 16.1. The molecule has 0 spiro atoms. The average molecular weight is 303 g/mol. The molecule has 0 aliphatic rings. The third-order valence-electron chi connectivity index (χ3n) is 3.27. The van der Waals surface area contributed by atoms with Gasteiger partial charge in [0.25, 0.3) is 0 Å². The summed E-state index contributed by atoms with van der Waals surface area (Å²) in [5.74, 6) is 0.181. The summed E-state index contributed by atoms with van der Waals surface area (Å²) >= 11 is 0. The van der Waals surface area contributed by atoms with E-state index in [4.69, 9.17) is 0 Å². The van der Waals surface area contributed by atoms with Crippen LogP contribution < -0.4 is 10.6 Å². The van der Waals surface area contributed by atoms with Crippen LogP contribution in [0.15, 0.2) is 42.6 Å². The molecular formula is C17H22FN3O. The van der Waals surface area contributed by atoms with Gasteiger partial charge in [0.2, 0.25) is 0 Å². The molecule has 0 saturated carbocycles. The Morgan fingerprint density at radius 3 is 2.77 bits per heavy atom. The summed E-state index contributed by atoms with van der Waals surface area (Å²) in [4.78, 5) is 11.7. The zero-order valence-corrected chi connectivity index (χ0v) is 13.0. The number of hydrogen-bond acceptors (Lipinski definition) is 1. The number of aromatic nitrogens is 1. The van der Waals surface area contributed by atoms with E-state index in [1.807, 2.05) is 42.8 Å². The van der Waals surface area contributed by atoms with Gasteiger partial charge in [-0.3, -0.25) is 0 Å². The van der Waals surface area contributed by atoms with Crippen molar-refractivity contribution >= 4 is 6.03 Å². The molecule has 0 saturated heterocycles. The number of benzene rings is 1. The van der Waals surface area contributed by atoms with E-state index in [9.17, 15) is 9.18 Å². The predicted octanol–water partition coefficient (Wildman–Crippen LogP) is 3.13. The molecule has 0 unspecified atom stereocenters. The molecular weight excluding hydrogens is 281 g/mol. The molecule has 0 radical (unpaired) electrons. The number of hydrogen-bond donors (Lipinski definition) is 2. The van der Waals surface area contributed by atoms with Crippen molar-refractivity contribution in [1.82, 2.24) is 15.2 Å². The zero-order valence-electron chi connectivity index (χ0n) is 13.0. The van der Waals surface area contributed by atoms with Crippen molar-refractivity contribution in [3.63, 3.8) is 0 Å². The summed E-state index contributed by atoms with van der Waals surface area (Å²) in [6, 6.07) is 10.2. The molecule has 0 fully saturated rings. The van der Waals surface area contributed by atoms with Gasteiger partial charge < -0.3 is 15.2 Å². The van der Waals surface area contributed by atoms with Crippen LogP contribution in [0.1, 0.15) is 25.1 Å². The number of nitrogens with one attached hydrogen (secondary N) is 2. The van der Waals surface area contributed by atoms with Crippen LogP contribution in [0, 0.1) is 11.7 Å². The molecule has 0 aliphatic carbocycles. The quantitative estimate of drug-likeness (QED) is 0.846. The minimum atomic E-state index is -0.239. The van der Waals surface area contributed by atoms with Crippen LogP contribution >= 0.6 is 0 Å². The van der Waals surface area contributed by atoms with E-state index < -0.39 is 0 Å². The monoisotopic (exact) mass is 303 g/mol. The van der Waals surface area contributed by atoms with Gasteiger partial charge in [-0.2, -0.15) is 0 Å². The lowest BCUT2D eigenvalue weighted by molar-refractivity contribution is 0.239. The lowest BCUT2D eigenvalue weighted by atomic mass is 10.2. The second-order valence-electron chi connectivity index (χ2n) is 5.71. The highest BCUT2D eigenvalue weighted by Crippen LogP contribution is 2.09. The van der Waals surface area contributed by atoms with Gasteiger partial charge in [0.05, 0.1) is 6.54 Å². The smallest absolute Gasteiger partial charge is 0.315 e. The first-order valence-electron chi connectivity index (χ1n) is 7.45. The van der Waals surface area contributed by atoms with Crippen molar-refractivity contribution in [2.24, 2.45) is 5.92 Å². The normalized spacial score (nSPS) is 10.7. The molecule has 5 heteroatoms. The summed E-state index contributed by atoms with van der Waals surface area (Å²) in [6.45, 7) is 5.76. The number of rotatable bonds is 6. The molecule has 0 atom stereocenters. The molecule has 1 heterocycles. The Morgan fingerprint density at radius 2 is 2.05 bits per heavy atom. The minimum absolute atomic E-state index is 0.174. The highest BCUT2D eigenvalue weighted by atomic mass is 19.1. The number of carbonyl (C=O) groups excluding carboxylic acids is 1. The van der Waals surface area contributed by atoms with Crippen LogP contribution in [0.2, 0.25) is 0 Å². The Labute approximate surface area is 130 Å². The molecule has 1 aromatic carbocycles. The van der Waals surface area contributed by atoms with Gasteiger partial charge in [-0.05, 0) is 35.7 Å². The third-order valence-corrected chi connectivity index (χ3v) is 3.27. The van der Waals surface area contributed by atoms with Crippen molar-refractivity contribution in [2.75, 3.05) is 6.54 Å². The van der Waals surface area contributed by atoms with Crippen LogP contribution in [-0.2, 0) is 13.1 Å². The number of urea groups is 1. The van der Waals surface area contributed by atoms with Crippen molar-refractivity contribution in [3.8, 4) is 0 Å². The van der Waals surface area contributed by atoms with E-state index >= 15 is 0 Å². The maximum atomic E-state index is 13.2. The molecule has 0 aliphatic heterocycles. The Balaban J connectivity index is 1.91. The Kier molecular flexibility index (Phi) is 5.58. The van der Waals surface area contributed by atoms with Crippen LogP contribution in [-0.4, -0.2) is 17.1 Å². The van der Waals surface area contributed by atoms with Gasteiger partial charge in [0, 0.05) is 25.0 Å². The second-order valence-corrected chi connectivity index (χ2v) is 5.71. The summed E-state index contributed by atoms with van der Waals surface area (Å²) in [5.41, 5.74) is 1.87. The first-order chi connectivity index (χ1) is 10.5. The van der Waals surface area contributed by atoms with E-state index in [0.29, 0.717) is 25.6 Å². The van der Waals surface area contributed by atoms with E-state index in [1.54, 1.807) is 6.07 Å². The van der Waals surface area contributed by atoms with Gasteiger partial charge in [-0.25, -0.2) is 9.18 Å². The van der Waals surface area contributed by atoms with E-state index in [-0.39, 0.29) is 11.8 Å². The van der Waals surface area contributed by atoms with Gasteiger partial charge in [0.15, 0.2) is 0 Å². The summed E-state index contributed by atoms with van der Waals surface area (Å²) in [5, 5.41) is 5.65. The molecule has 2 rings (SSSR count). The van der Waals surface area contributed by atoms with Crippen molar-refractivity contribution in [2.45, 2.75) is 26.9 Å². The Hall–Kier alpha value is -2.30. The van der Waals surface area contributed by atoms with E-state index in [2.05, 4.69) is 10.6 Å². The fraction of sp³-hybridized carbons (Fsp3) is 0.353. The molecule has 1 aromatic heterocycles. The minimum Gasteiger partial charge on any atom is -0.345 e. The lowest BCUT2D eigenvalue weighted by Crippen LogP contribution is -2.37. The molecule has 0 bridgehead atoms. The molecule has 2 aromatic rings. The van der Waals surface area contributed by atoms with Crippen molar-refractivity contribution < 1.29 is 9.18 Å². The fourth-order valence-corrected chi connectivity index (χ4v) is 2.13. The largest absolute Gasteiger partial charge is 0.345 e. The van der Waals surface area contributed by atoms with Gasteiger partial charge in [-0.1, -0.05) is 26.0 Å². The van der Waals surface area contributed by atoms with E-state index in [0.717, 1.165) is 11.3 Å². The number of nitrogens with zero attached hydrogens (tertiary/aromatic N) is 1.